The number of carbonyl (C=O) groups excluding carboxylic acids is 1. The molecule has 13 heavy (non-hydrogen) atoms. The quantitative estimate of drug-likeness (QED) is 0.604. The maximum Gasteiger partial charge on any atom is 0.234 e. The number of nitrogens with one attached hydrogen (secondary N) is 3. The van der Waals surface area contributed by atoms with E-state index in [9.17, 15) is 4.79 Å². The Hall–Kier alpha value is -1.36. The maximum atomic E-state index is 11.1. The van der Waals surface area contributed by atoms with Crippen molar-refractivity contribution in [2.24, 2.45) is 0 Å². The molecule has 72 valence electrons. The van der Waals surface area contributed by atoms with Gasteiger partial charge in [-0.05, 0) is 14.0 Å². The Morgan fingerprint density at radius 3 is 3.08 bits per heavy atom. The second kappa shape index (κ2) is 4.61. The first kappa shape index (κ1) is 9.73. The lowest BCUT2D eigenvalue weighted by Crippen LogP contribution is -2.33. The first-order valence-corrected chi connectivity index (χ1v) is 4.16. The average Bonchev–Trinajstić information content (AvgIpc) is 2.55. The number of likely N-dealkylation sites (N-methyl/N-ethyl adjacent to an activating group) is 1. The van der Waals surface area contributed by atoms with Crippen molar-refractivity contribution >= 4 is 5.91 Å². The zero-order chi connectivity index (χ0) is 9.68. The van der Waals surface area contributed by atoms with Crippen LogP contribution in [0.5, 0.6) is 0 Å². The molecule has 0 aromatic carbocycles. The predicted octanol–water partition coefficient (Wildman–Crippen LogP) is -0.194. The molecule has 0 aliphatic carbocycles. The molecule has 0 saturated heterocycles. The highest BCUT2D eigenvalue weighted by Gasteiger charge is 2.08. The van der Waals surface area contributed by atoms with Crippen LogP contribution in [-0.4, -0.2) is 29.7 Å². The summed E-state index contributed by atoms with van der Waals surface area (Å²) in [7, 11) is 1.74. The van der Waals surface area contributed by atoms with E-state index in [1.54, 1.807) is 19.4 Å². The summed E-state index contributed by atoms with van der Waals surface area (Å²) in [6, 6.07) is -0.000370. The minimum absolute atomic E-state index is 0.000370. The zero-order valence-electron chi connectivity index (χ0n) is 7.79. The van der Waals surface area contributed by atoms with Gasteiger partial charge in [-0.25, -0.2) is 0 Å². The minimum atomic E-state index is -0.0174. The zero-order valence-corrected chi connectivity index (χ0v) is 7.79. The van der Waals surface area contributed by atoms with Crippen LogP contribution in [0.25, 0.3) is 0 Å². The van der Waals surface area contributed by atoms with Crippen LogP contribution in [0.2, 0.25) is 0 Å². The van der Waals surface area contributed by atoms with E-state index in [2.05, 4.69) is 20.8 Å². The van der Waals surface area contributed by atoms with Crippen LogP contribution in [0.1, 0.15) is 18.5 Å². The second-order valence-electron chi connectivity index (χ2n) is 2.85. The van der Waals surface area contributed by atoms with Crippen molar-refractivity contribution in [2.45, 2.75) is 13.0 Å². The van der Waals surface area contributed by atoms with Crippen LogP contribution in [0.15, 0.2) is 12.4 Å². The molecule has 0 aliphatic heterocycles. The molecule has 0 saturated carbocycles. The van der Waals surface area contributed by atoms with E-state index < -0.39 is 0 Å². The normalized spacial score (nSPS) is 12.5. The van der Waals surface area contributed by atoms with Crippen molar-refractivity contribution < 1.29 is 4.79 Å². The molecule has 1 amide bonds. The van der Waals surface area contributed by atoms with Gasteiger partial charge >= 0.3 is 0 Å². The molecule has 1 heterocycles. The Kier molecular flexibility index (Phi) is 3.45. The fraction of sp³-hybridized carbons (Fsp3) is 0.500. The van der Waals surface area contributed by atoms with E-state index in [1.165, 1.54) is 0 Å². The van der Waals surface area contributed by atoms with Gasteiger partial charge in [-0.3, -0.25) is 9.89 Å². The van der Waals surface area contributed by atoms with Gasteiger partial charge in [0.1, 0.15) is 0 Å². The number of nitrogens with zero attached hydrogens (tertiary/aromatic N) is 1. The van der Waals surface area contributed by atoms with Gasteiger partial charge in [-0.15, -0.1) is 0 Å². The third-order valence-electron chi connectivity index (χ3n) is 1.73. The van der Waals surface area contributed by atoms with E-state index in [-0.39, 0.29) is 11.9 Å². The molecule has 1 unspecified atom stereocenters. The molecule has 0 bridgehead atoms. The summed E-state index contributed by atoms with van der Waals surface area (Å²) in [4.78, 5) is 11.1. The topological polar surface area (TPSA) is 69.8 Å². The number of hydrogen-bond acceptors (Lipinski definition) is 3. The number of H-pyrrole nitrogens is 1. The summed E-state index contributed by atoms with van der Waals surface area (Å²) in [5, 5.41) is 12.1. The Morgan fingerprint density at radius 2 is 2.54 bits per heavy atom. The van der Waals surface area contributed by atoms with E-state index in [0.29, 0.717) is 6.54 Å². The van der Waals surface area contributed by atoms with Crippen LogP contribution in [-0.2, 0) is 4.79 Å². The summed E-state index contributed by atoms with van der Waals surface area (Å²) in [5.74, 6) is -0.0174. The molecule has 0 aliphatic rings. The van der Waals surface area contributed by atoms with Crippen molar-refractivity contribution in [1.29, 1.82) is 0 Å². The molecule has 3 N–H and O–H groups in total. The molecule has 5 nitrogen and oxygen atoms in total. The second-order valence-corrected chi connectivity index (χ2v) is 2.85. The monoisotopic (exact) mass is 182 g/mol. The maximum absolute atomic E-state index is 11.1. The molecule has 0 fully saturated rings. The van der Waals surface area contributed by atoms with Gasteiger partial charge in [-0.1, -0.05) is 0 Å². The van der Waals surface area contributed by atoms with Gasteiger partial charge in [0.15, 0.2) is 0 Å². The van der Waals surface area contributed by atoms with Gasteiger partial charge in [-0.2, -0.15) is 5.10 Å². The summed E-state index contributed by atoms with van der Waals surface area (Å²) in [5.41, 5.74) is 0.976. The van der Waals surface area contributed by atoms with Crippen molar-refractivity contribution in [3.05, 3.63) is 18.0 Å². The van der Waals surface area contributed by atoms with E-state index >= 15 is 0 Å². The lowest BCUT2D eigenvalue weighted by atomic mass is 10.2. The molecule has 0 radical (unpaired) electrons. The Bertz CT molecular complexity index is 257. The summed E-state index contributed by atoms with van der Waals surface area (Å²) < 4.78 is 0. The smallest absolute Gasteiger partial charge is 0.234 e. The van der Waals surface area contributed by atoms with Crippen LogP contribution >= 0.6 is 0 Å². The lowest BCUT2D eigenvalue weighted by Gasteiger charge is -2.11. The minimum Gasteiger partial charge on any atom is -0.348 e. The molecular weight excluding hydrogens is 168 g/mol. The highest BCUT2D eigenvalue weighted by Crippen LogP contribution is 2.07. The third kappa shape index (κ3) is 2.87. The number of rotatable bonds is 4. The molecule has 1 rings (SSSR count). The van der Waals surface area contributed by atoms with E-state index in [4.69, 9.17) is 0 Å². The first-order chi connectivity index (χ1) is 6.24. The van der Waals surface area contributed by atoms with Crippen LogP contribution in [0.4, 0.5) is 0 Å². The first-order valence-electron chi connectivity index (χ1n) is 4.16. The van der Waals surface area contributed by atoms with E-state index in [1.807, 2.05) is 6.92 Å². The Balaban J connectivity index is 2.42. The van der Waals surface area contributed by atoms with Gasteiger partial charge in [0, 0.05) is 11.8 Å². The largest absolute Gasteiger partial charge is 0.348 e. The number of aromatic amines is 1. The van der Waals surface area contributed by atoms with E-state index in [0.717, 1.165) is 5.56 Å². The summed E-state index contributed by atoms with van der Waals surface area (Å²) in [6.07, 6.45) is 3.47. The number of carbonyl (C=O) groups is 1. The molecule has 1 aromatic heterocycles. The highest BCUT2D eigenvalue weighted by molar-refractivity contribution is 5.78. The summed E-state index contributed by atoms with van der Waals surface area (Å²) in [6.45, 7) is 2.25. The van der Waals surface area contributed by atoms with Crippen LogP contribution < -0.4 is 10.6 Å². The van der Waals surface area contributed by atoms with Crippen LogP contribution in [0, 0.1) is 0 Å². The van der Waals surface area contributed by atoms with Gasteiger partial charge in [0.05, 0.1) is 18.8 Å². The lowest BCUT2D eigenvalue weighted by molar-refractivity contribution is -0.120. The van der Waals surface area contributed by atoms with Crippen molar-refractivity contribution in [3.8, 4) is 0 Å². The summed E-state index contributed by atoms with van der Waals surface area (Å²) >= 11 is 0. The number of hydrogen-bond donors (Lipinski definition) is 3. The predicted molar refractivity (Wildman–Crippen MR) is 49.1 cm³/mol. The van der Waals surface area contributed by atoms with Gasteiger partial charge in [0.2, 0.25) is 5.91 Å². The SMILES string of the molecule is CNCC(=O)NC(C)c1cn[nH]c1. The molecule has 5 heteroatoms. The molecule has 0 spiro atoms. The molecular formula is C8H14N4O. The fourth-order valence-electron chi connectivity index (χ4n) is 1.03. The standard InChI is InChI=1S/C8H14N4O/c1-6(7-3-10-11-4-7)12-8(13)5-9-2/h3-4,6,9H,5H2,1-2H3,(H,10,11)(H,12,13). The number of amides is 1. The molecule has 1 atom stereocenters. The van der Waals surface area contributed by atoms with Crippen molar-refractivity contribution in [2.75, 3.05) is 13.6 Å². The average molecular weight is 182 g/mol. The molecule has 1 aromatic rings. The van der Waals surface area contributed by atoms with Gasteiger partial charge in [0.25, 0.3) is 0 Å². The third-order valence-corrected chi connectivity index (χ3v) is 1.73. The Labute approximate surface area is 76.9 Å². The Morgan fingerprint density at radius 1 is 1.77 bits per heavy atom. The fourth-order valence-corrected chi connectivity index (χ4v) is 1.03. The number of aromatic nitrogens is 2. The van der Waals surface area contributed by atoms with Crippen molar-refractivity contribution in [3.63, 3.8) is 0 Å². The van der Waals surface area contributed by atoms with Crippen molar-refractivity contribution in [1.82, 2.24) is 20.8 Å². The highest BCUT2D eigenvalue weighted by atomic mass is 16.1. The van der Waals surface area contributed by atoms with Crippen LogP contribution in [0.3, 0.4) is 0 Å². The van der Waals surface area contributed by atoms with Gasteiger partial charge < -0.3 is 10.6 Å².